The number of aromatic amines is 1. The number of rotatable bonds is 6. The first-order valence-corrected chi connectivity index (χ1v) is 12.4. The van der Waals surface area contributed by atoms with Crippen molar-refractivity contribution in [3.63, 3.8) is 0 Å². The molecule has 10 heteroatoms. The Morgan fingerprint density at radius 1 is 1.19 bits per heavy atom. The van der Waals surface area contributed by atoms with E-state index >= 15 is 0 Å². The summed E-state index contributed by atoms with van der Waals surface area (Å²) >= 11 is 6.32. The number of aromatic nitrogens is 2. The minimum absolute atomic E-state index is 0.128. The van der Waals surface area contributed by atoms with Gasteiger partial charge in [0, 0.05) is 34.5 Å². The standard InChI is InChI=1S/C27H31ClFN3O5/c1-26(2,3)37-25(34)32-11-9-27(10-12-32,18-5-7-20(29)8-6-18)16-36-23(24(33)35-4)21-14-19(28)13-17-15-30-31-22(17)21/h5-8,13-15,23H,9-12,16H2,1-4H3,(H,30,31). The molecule has 1 aliphatic heterocycles. The minimum atomic E-state index is -1.08. The molecule has 1 N–H and O–H groups in total. The quantitative estimate of drug-likeness (QED) is 0.419. The molecule has 3 aromatic rings. The van der Waals surface area contributed by atoms with E-state index in [1.807, 2.05) is 20.8 Å². The maximum atomic E-state index is 13.8. The van der Waals surface area contributed by atoms with Crippen LogP contribution in [0.5, 0.6) is 0 Å². The Kier molecular flexibility index (Phi) is 7.75. The first-order valence-electron chi connectivity index (χ1n) is 12.1. The molecule has 2 aromatic carbocycles. The second-order valence-electron chi connectivity index (χ2n) is 10.3. The van der Waals surface area contributed by atoms with E-state index in [1.165, 1.54) is 19.2 Å². The molecule has 8 nitrogen and oxygen atoms in total. The van der Waals surface area contributed by atoms with Crippen molar-refractivity contribution < 1.29 is 28.2 Å². The molecule has 1 atom stereocenters. The van der Waals surface area contributed by atoms with E-state index < -0.39 is 23.1 Å². The van der Waals surface area contributed by atoms with E-state index in [0.717, 1.165) is 10.9 Å². The number of methoxy groups -OCH3 is 1. The Hall–Kier alpha value is -3.17. The maximum Gasteiger partial charge on any atom is 0.410 e. The average Bonchev–Trinajstić information content (AvgIpc) is 3.32. The third-order valence-electron chi connectivity index (χ3n) is 6.60. The van der Waals surface area contributed by atoms with Gasteiger partial charge in [-0.2, -0.15) is 5.10 Å². The second kappa shape index (κ2) is 10.7. The lowest BCUT2D eigenvalue weighted by atomic mass is 9.73. The van der Waals surface area contributed by atoms with Crippen LogP contribution >= 0.6 is 11.6 Å². The van der Waals surface area contributed by atoms with Gasteiger partial charge in [0.2, 0.25) is 0 Å². The van der Waals surface area contributed by atoms with Crippen molar-refractivity contribution in [2.45, 2.75) is 50.7 Å². The normalized spacial score (nSPS) is 16.4. The van der Waals surface area contributed by atoms with Crippen LogP contribution in [0.4, 0.5) is 9.18 Å². The first kappa shape index (κ1) is 26.9. The average molecular weight is 532 g/mol. The van der Waals surface area contributed by atoms with Crippen molar-refractivity contribution in [2.24, 2.45) is 0 Å². The van der Waals surface area contributed by atoms with Crippen LogP contribution in [0.25, 0.3) is 10.9 Å². The molecule has 0 radical (unpaired) electrons. The van der Waals surface area contributed by atoms with Gasteiger partial charge in [-0.1, -0.05) is 23.7 Å². The number of carbonyl (C=O) groups is 2. The van der Waals surface area contributed by atoms with Crippen molar-refractivity contribution >= 4 is 34.6 Å². The van der Waals surface area contributed by atoms with E-state index in [2.05, 4.69) is 10.2 Å². The fourth-order valence-corrected chi connectivity index (χ4v) is 4.89. The molecule has 1 amide bonds. The van der Waals surface area contributed by atoms with Gasteiger partial charge in [-0.25, -0.2) is 14.0 Å². The number of ether oxygens (including phenoxy) is 3. The number of hydrogen-bond acceptors (Lipinski definition) is 6. The van der Waals surface area contributed by atoms with Gasteiger partial charge in [0.05, 0.1) is 25.4 Å². The Bertz CT molecular complexity index is 1260. The van der Waals surface area contributed by atoms with E-state index in [4.69, 9.17) is 25.8 Å². The molecule has 1 saturated heterocycles. The highest BCUT2D eigenvalue weighted by Crippen LogP contribution is 2.39. The lowest BCUT2D eigenvalue weighted by molar-refractivity contribution is -0.156. The summed E-state index contributed by atoms with van der Waals surface area (Å²) in [5.41, 5.74) is 0.806. The molecule has 37 heavy (non-hydrogen) atoms. The van der Waals surface area contributed by atoms with Gasteiger partial charge in [0.15, 0.2) is 6.10 Å². The molecular weight excluding hydrogens is 501 g/mol. The van der Waals surface area contributed by atoms with Crippen LogP contribution in [0.1, 0.15) is 50.8 Å². The second-order valence-corrected chi connectivity index (χ2v) is 10.7. The molecule has 1 fully saturated rings. The smallest absolute Gasteiger partial charge is 0.410 e. The van der Waals surface area contributed by atoms with Crippen LogP contribution in [0.2, 0.25) is 5.02 Å². The molecule has 0 saturated carbocycles. The number of fused-ring (bicyclic) bond motifs is 1. The number of esters is 1. The number of amides is 1. The molecular formula is C27H31ClFN3O5. The molecule has 0 spiro atoms. The number of piperidine rings is 1. The number of hydrogen-bond donors (Lipinski definition) is 1. The van der Waals surface area contributed by atoms with Crippen molar-refractivity contribution in [3.8, 4) is 0 Å². The van der Waals surface area contributed by atoms with E-state index in [0.29, 0.717) is 42.0 Å². The monoisotopic (exact) mass is 531 g/mol. The highest BCUT2D eigenvalue weighted by Gasteiger charge is 2.40. The first-order chi connectivity index (χ1) is 17.5. The van der Waals surface area contributed by atoms with Crippen molar-refractivity contribution in [3.05, 3.63) is 64.6 Å². The zero-order chi connectivity index (χ0) is 26.8. The van der Waals surface area contributed by atoms with Crippen LogP contribution < -0.4 is 0 Å². The summed E-state index contributed by atoms with van der Waals surface area (Å²) in [5, 5.41) is 8.13. The third-order valence-corrected chi connectivity index (χ3v) is 6.82. The number of H-pyrrole nitrogens is 1. The van der Waals surface area contributed by atoms with Gasteiger partial charge in [-0.05, 0) is 63.4 Å². The topological polar surface area (TPSA) is 93.8 Å². The van der Waals surface area contributed by atoms with Crippen molar-refractivity contribution in [1.82, 2.24) is 15.1 Å². The number of nitrogens with one attached hydrogen (secondary N) is 1. The Labute approximate surface area is 220 Å². The number of carbonyl (C=O) groups excluding carboxylic acids is 2. The molecule has 4 rings (SSSR count). The lowest BCUT2D eigenvalue weighted by Gasteiger charge is -2.42. The van der Waals surface area contributed by atoms with Crippen LogP contribution in [0, 0.1) is 5.82 Å². The van der Waals surface area contributed by atoms with Gasteiger partial charge in [-0.15, -0.1) is 0 Å². The fourth-order valence-electron chi connectivity index (χ4n) is 4.65. The molecule has 0 aliphatic carbocycles. The summed E-state index contributed by atoms with van der Waals surface area (Å²) in [6.07, 6.45) is 1.22. The van der Waals surface area contributed by atoms with Crippen molar-refractivity contribution in [2.75, 3.05) is 26.8 Å². The highest BCUT2D eigenvalue weighted by atomic mass is 35.5. The molecule has 1 aromatic heterocycles. The van der Waals surface area contributed by atoms with Crippen LogP contribution in [-0.2, 0) is 24.4 Å². The van der Waals surface area contributed by atoms with Gasteiger partial charge in [0.25, 0.3) is 0 Å². The predicted molar refractivity (Wildman–Crippen MR) is 137 cm³/mol. The maximum absolute atomic E-state index is 13.8. The Morgan fingerprint density at radius 3 is 2.49 bits per heavy atom. The number of nitrogens with zero attached hydrogens (tertiary/aromatic N) is 2. The zero-order valence-corrected chi connectivity index (χ0v) is 22.1. The van der Waals surface area contributed by atoms with Gasteiger partial charge in [0.1, 0.15) is 11.4 Å². The zero-order valence-electron chi connectivity index (χ0n) is 21.3. The van der Waals surface area contributed by atoms with Crippen molar-refractivity contribution in [1.29, 1.82) is 0 Å². The minimum Gasteiger partial charge on any atom is -0.467 e. The molecule has 1 unspecified atom stereocenters. The van der Waals surface area contributed by atoms with Crippen LogP contribution in [0.3, 0.4) is 0 Å². The summed E-state index contributed by atoms with van der Waals surface area (Å²) in [6, 6.07) is 9.65. The van der Waals surface area contributed by atoms with Gasteiger partial charge in [-0.3, -0.25) is 5.10 Å². The molecule has 198 valence electrons. The lowest BCUT2D eigenvalue weighted by Crippen LogP contribution is -2.48. The summed E-state index contributed by atoms with van der Waals surface area (Å²) in [6.45, 7) is 6.44. The Balaban J connectivity index is 1.62. The summed E-state index contributed by atoms with van der Waals surface area (Å²) < 4.78 is 30.7. The number of halogens is 2. The van der Waals surface area contributed by atoms with E-state index in [9.17, 15) is 14.0 Å². The van der Waals surface area contributed by atoms with E-state index in [-0.39, 0.29) is 18.5 Å². The molecule has 0 bridgehead atoms. The van der Waals surface area contributed by atoms with E-state index in [1.54, 1.807) is 35.4 Å². The summed E-state index contributed by atoms with van der Waals surface area (Å²) in [7, 11) is 1.29. The Morgan fingerprint density at radius 2 is 1.86 bits per heavy atom. The summed E-state index contributed by atoms with van der Waals surface area (Å²) in [5.74, 6) is -0.933. The third kappa shape index (κ3) is 6.05. The fraction of sp³-hybridized carbons (Fsp3) is 0.444. The van der Waals surface area contributed by atoms with Gasteiger partial charge < -0.3 is 19.1 Å². The largest absolute Gasteiger partial charge is 0.467 e. The molecule has 1 aliphatic rings. The SMILES string of the molecule is COC(=O)C(OCC1(c2ccc(F)cc2)CCN(C(=O)OC(C)(C)C)CC1)c1cc(Cl)cc2cn[nH]c12. The summed E-state index contributed by atoms with van der Waals surface area (Å²) in [4.78, 5) is 27.2. The van der Waals surface area contributed by atoms with Crippen LogP contribution in [0.15, 0.2) is 42.6 Å². The number of likely N-dealkylation sites (tertiary alicyclic amines) is 1. The highest BCUT2D eigenvalue weighted by molar-refractivity contribution is 6.31. The molecule has 2 heterocycles. The predicted octanol–water partition coefficient (Wildman–Crippen LogP) is 5.56. The van der Waals surface area contributed by atoms with Crippen LogP contribution in [-0.4, -0.2) is 59.6 Å². The van der Waals surface area contributed by atoms with Gasteiger partial charge >= 0.3 is 12.1 Å². The number of benzene rings is 2.